The fourth-order valence-corrected chi connectivity index (χ4v) is 3.04. The van der Waals surface area contributed by atoms with Gasteiger partial charge in [-0.1, -0.05) is 12.8 Å². The first-order valence-electron chi connectivity index (χ1n) is 7.45. The molecule has 1 aliphatic carbocycles. The van der Waals surface area contributed by atoms with Crippen molar-refractivity contribution >= 4 is 17.1 Å². The highest BCUT2D eigenvalue weighted by atomic mass is 16.6. The molecule has 0 atom stereocenters. The lowest BCUT2D eigenvalue weighted by Gasteiger charge is -2.30. The van der Waals surface area contributed by atoms with Crippen LogP contribution in [0.1, 0.15) is 39.5 Å². The van der Waals surface area contributed by atoms with Gasteiger partial charge in [-0.15, -0.1) is 0 Å². The summed E-state index contributed by atoms with van der Waals surface area (Å²) in [5.41, 5.74) is 1.95. The average Bonchev–Trinajstić information content (AvgIpc) is 2.93. The second kappa shape index (κ2) is 6.59. The van der Waals surface area contributed by atoms with Crippen molar-refractivity contribution in [1.82, 2.24) is 0 Å². The molecular weight excluding hydrogens is 254 g/mol. The van der Waals surface area contributed by atoms with Gasteiger partial charge >= 0.3 is 0 Å². The van der Waals surface area contributed by atoms with Gasteiger partial charge in [0, 0.05) is 42.6 Å². The van der Waals surface area contributed by atoms with E-state index in [0.29, 0.717) is 6.04 Å². The van der Waals surface area contributed by atoms with Gasteiger partial charge < -0.3 is 10.2 Å². The number of rotatable bonds is 6. The summed E-state index contributed by atoms with van der Waals surface area (Å²) in [6.45, 7) is 5.75. The molecule has 0 bridgehead atoms. The lowest BCUT2D eigenvalue weighted by molar-refractivity contribution is -0.384. The number of nitrogens with one attached hydrogen (secondary N) is 1. The highest BCUT2D eigenvalue weighted by Crippen LogP contribution is 2.32. The number of nitro benzene ring substituents is 1. The van der Waals surface area contributed by atoms with E-state index in [1.807, 2.05) is 13.0 Å². The second-order valence-electron chi connectivity index (χ2n) is 5.25. The smallest absolute Gasteiger partial charge is 0.273 e. The van der Waals surface area contributed by atoms with Gasteiger partial charge in [0.2, 0.25) is 0 Å². The van der Waals surface area contributed by atoms with Gasteiger partial charge in [0.1, 0.15) is 0 Å². The molecule has 1 saturated carbocycles. The van der Waals surface area contributed by atoms with Crippen LogP contribution in [0.4, 0.5) is 17.1 Å². The van der Waals surface area contributed by atoms with Crippen molar-refractivity contribution in [3.8, 4) is 0 Å². The van der Waals surface area contributed by atoms with Crippen molar-refractivity contribution in [3.05, 3.63) is 28.3 Å². The zero-order valence-corrected chi connectivity index (χ0v) is 12.3. The molecule has 1 N–H and O–H groups in total. The minimum atomic E-state index is -0.313. The Hall–Kier alpha value is -1.78. The topological polar surface area (TPSA) is 58.4 Å². The van der Waals surface area contributed by atoms with Crippen LogP contribution >= 0.6 is 0 Å². The third-order valence-corrected chi connectivity index (χ3v) is 3.93. The highest BCUT2D eigenvalue weighted by Gasteiger charge is 2.23. The first kappa shape index (κ1) is 14.6. The molecule has 0 saturated heterocycles. The predicted molar refractivity (Wildman–Crippen MR) is 82.5 cm³/mol. The van der Waals surface area contributed by atoms with Gasteiger partial charge in [0.15, 0.2) is 0 Å². The van der Waals surface area contributed by atoms with E-state index in [-0.39, 0.29) is 10.6 Å². The van der Waals surface area contributed by atoms with Crippen molar-refractivity contribution in [2.45, 2.75) is 45.6 Å². The fourth-order valence-electron chi connectivity index (χ4n) is 3.04. The van der Waals surface area contributed by atoms with Crippen LogP contribution < -0.4 is 10.2 Å². The first-order chi connectivity index (χ1) is 9.65. The van der Waals surface area contributed by atoms with Crippen LogP contribution in [0.3, 0.4) is 0 Å². The Bertz CT molecular complexity index is 470. The molecule has 0 amide bonds. The molecule has 0 aliphatic heterocycles. The number of hydrogen-bond acceptors (Lipinski definition) is 4. The fraction of sp³-hybridized carbons (Fsp3) is 0.600. The summed E-state index contributed by atoms with van der Waals surface area (Å²) in [6.07, 6.45) is 4.90. The summed E-state index contributed by atoms with van der Waals surface area (Å²) >= 11 is 0. The van der Waals surface area contributed by atoms with E-state index >= 15 is 0 Å². The molecule has 0 unspecified atom stereocenters. The minimum Gasteiger partial charge on any atom is -0.385 e. The van der Waals surface area contributed by atoms with Gasteiger partial charge in [-0.25, -0.2) is 0 Å². The normalized spacial score (nSPS) is 15.3. The van der Waals surface area contributed by atoms with Gasteiger partial charge in [-0.2, -0.15) is 0 Å². The maximum atomic E-state index is 11.1. The molecule has 1 aromatic carbocycles. The SMILES string of the molecule is CCNc1cc(N(CC)C2CCCC2)cc([N+](=O)[O-])c1. The van der Waals surface area contributed by atoms with Gasteiger partial charge in [-0.05, 0) is 32.8 Å². The molecule has 1 fully saturated rings. The number of benzene rings is 1. The first-order valence-corrected chi connectivity index (χ1v) is 7.45. The second-order valence-corrected chi connectivity index (χ2v) is 5.25. The van der Waals surface area contributed by atoms with E-state index in [9.17, 15) is 10.1 Å². The van der Waals surface area contributed by atoms with E-state index in [0.717, 1.165) is 24.5 Å². The number of hydrogen-bond donors (Lipinski definition) is 1. The molecule has 0 aromatic heterocycles. The van der Waals surface area contributed by atoms with Crippen molar-refractivity contribution < 1.29 is 4.92 Å². The van der Waals surface area contributed by atoms with Crippen molar-refractivity contribution in [2.75, 3.05) is 23.3 Å². The Morgan fingerprint density at radius 3 is 2.55 bits per heavy atom. The van der Waals surface area contributed by atoms with Gasteiger partial charge in [0.05, 0.1) is 4.92 Å². The standard InChI is InChI=1S/C15H23N3O2/c1-3-16-12-9-14(11-15(10-12)18(19)20)17(4-2)13-7-5-6-8-13/h9-11,13,16H,3-8H2,1-2H3. The number of non-ortho nitro benzene ring substituents is 1. The van der Waals surface area contributed by atoms with Crippen molar-refractivity contribution in [2.24, 2.45) is 0 Å². The molecular formula is C15H23N3O2. The van der Waals surface area contributed by atoms with Crippen LogP contribution in [0.5, 0.6) is 0 Å². The lowest BCUT2D eigenvalue weighted by Crippen LogP contribution is -2.33. The van der Waals surface area contributed by atoms with Crippen molar-refractivity contribution in [1.29, 1.82) is 0 Å². The molecule has 110 valence electrons. The largest absolute Gasteiger partial charge is 0.385 e. The molecule has 2 rings (SSSR count). The summed E-state index contributed by atoms with van der Waals surface area (Å²) in [4.78, 5) is 13.1. The minimum absolute atomic E-state index is 0.162. The van der Waals surface area contributed by atoms with Crippen LogP contribution in [0, 0.1) is 10.1 Å². The number of anilines is 2. The summed E-state index contributed by atoms with van der Waals surface area (Å²) in [5.74, 6) is 0. The maximum Gasteiger partial charge on any atom is 0.273 e. The Labute approximate surface area is 120 Å². The predicted octanol–water partition coefficient (Wildman–Crippen LogP) is 3.80. The molecule has 20 heavy (non-hydrogen) atoms. The van der Waals surface area contributed by atoms with E-state index in [2.05, 4.69) is 17.1 Å². The molecule has 0 heterocycles. The Morgan fingerprint density at radius 1 is 1.30 bits per heavy atom. The van der Waals surface area contributed by atoms with Crippen LogP contribution in [-0.4, -0.2) is 24.1 Å². The van der Waals surface area contributed by atoms with E-state index in [1.165, 1.54) is 25.7 Å². The molecule has 1 aromatic rings. The maximum absolute atomic E-state index is 11.1. The average molecular weight is 277 g/mol. The molecule has 0 radical (unpaired) electrons. The quantitative estimate of drug-likeness (QED) is 0.634. The Morgan fingerprint density at radius 2 is 2.00 bits per heavy atom. The van der Waals surface area contributed by atoms with E-state index in [1.54, 1.807) is 12.1 Å². The third-order valence-electron chi connectivity index (χ3n) is 3.93. The highest BCUT2D eigenvalue weighted by molar-refractivity contribution is 5.65. The van der Waals surface area contributed by atoms with Crippen LogP contribution in [-0.2, 0) is 0 Å². The summed E-state index contributed by atoms with van der Waals surface area (Å²) in [7, 11) is 0. The summed E-state index contributed by atoms with van der Waals surface area (Å²) in [5, 5.41) is 14.3. The van der Waals surface area contributed by atoms with Gasteiger partial charge in [0.25, 0.3) is 5.69 Å². The zero-order valence-electron chi connectivity index (χ0n) is 12.3. The van der Waals surface area contributed by atoms with E-state index in [4.69, 9.17) is 0 Å². The molecule has 1 aliphatic rings. The Kier molecular flexibility index (Phi) is 4.82. The number of nitro groups is 1. The van der Waals surface area contributed by atoms with Crippen LogP contribution in [0.2, 0.25) is 0 Å². The molecule has 0 spiro atoms. The zero-order chi connectivity index (χ0) is 14.5. The monoisotopic (exact) mass is 277 g/mol. The van der Waals surface area contributed by atoms with E-state index < -0.39 is 0 Å². The van der Waals surface area contributed by atoms with Crippen LogP contribution in [0.25, 0.3) is 0 Å². The summed E-state index contributed by atoms with van der Waals surface area (Å²) in [6, 6.07) is 5.85. The van der Waals surface area contributed by atoms with Crippen molar-refractivity contribution in [3.63, 3.8) is 0 Å². The third kappa shape index (κ3) is 3.21. The lowest BCUT2D eigenvalue weighted by atomic mass is 10.1. The molecule has 5 heteroatoms. The van der Waals surface area contributed by atoms with Crippen LogP contribution in [0.15, 0.2) is 18.2 Å². The Balaban J connectivity index is 2.34. The van der Waals surface area contributed by atoms with Gasteiger partial charge in [-0.3, -0.25) is 10.1 Å². The summed E-state index contributed by atoms with van der Waals surface area (Å²) < 4.78 is 0. The molecule has 5 nitrogen and oxygen atoms in total. The number of nitrogens with zero attached hydrogens (tertiary/aromatic N) is 2.